The molecule has 0 saturated heterocycles. The van der Waals surface area contributed by atoms with Gasteiger partial charge in [-0.05, 0) is 42.0 Å². The molecule has 0 unspecified atom stereocenters. The van der Waals surface area contributed by atoms with Crippen molar-refractivity contribution >= 4 is 39.7 Å². The van der Waals surface area contributed by atoms with Gasteiger partial charge in [0.05, 0.1) is 29.5 Å². The van der Waals surface area contributed by atoms with Crippen LogP contribution in [0.1, 0.15) is 22.4 Å². The number of ether oxygens (including phenoxy) is 1. The van der Waals surface area contributed by atoms with Gasteiger partial charge in [0.25, 0.3) is 0 Å². The highest BCUT2D eigenvalue weighted by Crippen LogP contribution is 2.37. The van der Waals surface area contributed by atoms with Gasteiger partial charge >= 0.3 is 0 Å². The summed E-state index contributed by atoms with van der Waals surface area (Å²) in [6.07, 6.45) is -1.000. The number of rotatable bonds is 10. The van der Waals surface area contributed by atoms with Crippen molar-refractivity contribution in [1.29, 1.82) is 15.8 Å². The first-order chi connectivity index (χ1) is 18.9. The minimum Gasteiger partial charge on any atom is -0.491 e. The lowest BCUT2D eigenvalue weighted by atomic mass is 9.97. The number of nitriles is 3. The van der Waals surface area contributed by atoms with Crippen molar-refractivity contribution in [2.24, 2.45) is 0 Å². The van der Waals surface area contributed by atoms with E-state index >= 15 is 0 Å². The van der Waals surface area contributed by atoms with Gasteiger partial charge in [0.15, 0.2) is 5.13 Å². The second-order valence-electron chi connectivity index (χ2n) is 8.07. The number of aliphatic hydroxyl groups excluding tert-OH is 2. The summed E-state index contributed by atoms with van der Waals surface area (Å²) < 4.78 is 5.44. The van der Waals surface area contributed by atoms with Crippen molar-refractivity contribution in [2.45, 2.75) is 16.9 Å². The molecule has 0 fully saturated rings. The highest BCUT2D eigenvalue weighted by atomic mass is 32.2. The van der Waals surface area contributed by atoms with E-state index in [1.54, 1.807) is 48.5 Å². The van der Waals surface area contributed by atoms with Crippen molar-refractivity contribution in [3.05, 3.63) is 76.3 Å². The SMILES string of the molecule is N#Cc1ccc(Nc2nc(CSc3nc(N)c(C#N)c(-c4ccc(OC[C@@H](O)CO)cc4)c3C#N)cs2)cc1. The van der Waals surface area contributed by atoms with Crippen LogP contribution in [0.4, 0.5) is 16.6 Å². The highest BCUT2D eigenvalue weighted by Gasteiger charge is 2.21. The number of aliphatic hydroxyl groups is 2. The normalized spacial score (nSPS) is 11.2. The molecule has 0 aliphatic heterocycles. The van der Waals surface area contributed by atoms with Gasteiger partial charge in [0.1, 0.15) is 47.0 Å². The number of nitrogens with one attached hydrogen (secondary N) is 1. The number of nitrogens with two attached hydrogens (primary N) is 1. The van der Waals surface area contributed by atoms with Crippen molar-refractivity contribution in [1.82, 2.24) is 9.97 Å². The van der Waals surface area contributed by atoms with E-state index in [-0.39, 0.29) is 23.6 Å². The molecular formula is C27H21N7O3S2. The zero-order valence-electron chi connectivity index (χ0n) is 20.3. The summed E-state index contributed by atoms with van der Waals surface area (Å²) in [5.74, 6) is 0.883. The van der Waals surface area contributed by atoms with Gasteiger partial charge in [-0.2, -0.15) is 15.8 Å². The Morgan fingerprint density at radius 1 is 1.00 bits per heavy atom. The van der Waals surface area contributed by atoms with Crippen molar-refractivity contribution < 1.29 is 14.9 Å². The Bertz CT molecular complexity index is 1580. The Hall–Kier alpha value is -4.64. The number of pyridine rings is 1. The minimum absolute atomic E-state index is 0.0156. The number of benzene rings is 2. The van der Waals surface area contributed by atoms with E-state index in [2.05, 4.69) is 33.5 Å². The van der Waals surface area contributed by atoms with Gasteiger partial charge in [0.2, 0.25) is 0 Å². The molecule has 0 aliphatic carbocycles. The first kappa shape index (κ1) is 27.4. The lowest BCUT2D eigenvalue weighted by Crippen LogP contribution is -2.21. The van der Waals surface area contributed by atoms with Crippen molar-refractivity contribution in [3.8, 4) is 35.1 Å². The molecule has 0 radical (unpaired) electrons. The maximum absolute atomic E-state index is 10.0. The van der Waals surface area contributed by atoms with E-state index < -0.39 is 12.7 Å². The molecule has 0 amide bonds. The van der Waals surface area contributed by atoms with Crippen LogP contribution in [0.15, 0.2) is 58.9 Å². The van der Waals surface area contributed by atoms with Gasteiger partial charge in [-0.1, -0.05) is 23.9 Å². The second kappa shape index (κ2) is 12.7. The fourth-order valence-corrected chi connectivity index (χ4v) is 5.20. The Labute approximate surface area is 232 Å². The van der Waals surface area contributed by atoms with E-state index in [1.165, 1.54) is 23.1 Å². The molecule has 10 nitrogen and oxygen atoms in total. The standard InChI is InChI=1S/C27H21N7O3S2/c28-9-16-1-5-18(6-2-16)32-27-33-19(15-39-27)14-38-26-23(11-30)24(22(10-29)25(31)34-26)17-3-7-21(8-4-17)37-13-20(36)12-35/h1-8,15,20,35-36H,12-14H2,(H2,31,34)(H,32,33)/t20-/m0/s1. The fourth-order valence-electron chi connectivity index (χ4n) is 3.48. The van der Waals surface area contributed by atoms with Crippen molar-refractivity contribution in [2.75, 3.05) is 24.3 Å². The summed E-state index contributed by atoms with van der Waals surface area (Å²) in [5.41, 5.74) is 9.54. The number of nitrogens with zero attached hydrogens (tertiary/aromatic N) is 5. The lowest BCUT2D eigenvalue weighted by Gasteiger charge is -2.14. The van der Waals surface area contributed by atoms with Gasteiger partial charge in [-0.3, -0.25) is 0 Å². The smallest absolute Gasteiger partial charge is 0.187 e. The third-order valence-corrected chi connectivity index (χ3v) is 7.20. The van der Waals surface area contributed by atoms with Gasteiger partial charge in [-0.25, -0.2) is 9.97 Å². The number of nitrogen functional groups attached to an aromatic ring is 1. The summed E-state index contributed by atoms with van der Waals surface area (Å²) in [6.45, 7) is -0.491. The Morgan fingerprint density at radius 3 is 2.36 bits per heavy atom. The number of thioether (sulfide) groups is 1. The van der Waals surface area contributed by atoms with Crippen LogP contribution < -0.4 is 15.8 Å². The van der Waals surface area contributed by atoms with Crippen LogP contribution in [0, 0.1) is 34.0 Å². The van der Waals surface area contributed by atoms with Gasteiger partial charge in [-0.15, -0.1) is 11.3 Å². The molecule has 2 aromatic heterocycles. The highest BCUT2D eigenvalue weighted by molar-refractivity contribution is 7.98. The molecule has 0 aliphatic rings. The third-order valence-electron chi connectivity index (χ3n) is 5.39. The van der Waals surface area contributed by atoms with E-state index in [9.17, 15) is 15.6 Å². The lowest BCUT2D eigenvalue weighted by molar-refractivity contribution is 0.0536. The van der Waals surface area contributed by atoms with E-state index in [0.717, 1.165) is 11.4 Å². The molecule has 12 heteroatoms. The maximum atomic E-state index is 10.0. The predicted octanol–water partition coefficient (Wildman–Crippen LogP) is 4.17. The number of aromatic nitrogens is 2. The molecule has 4 rings (SSSR count). The van der Waals surface area contributed by atoms with Crippen LogP contribution in [0.3, 0.4) is 0 Å². The molecule has 5 N–H and O–H groups in total. The van der Waals surface area contributed by atoms with E-state index in [4.69, 9.17) is 20.8 Å². The second-order valence-corrected chi connectivity index (χ2v) is 9.89. The van der Waals surface area contributed by atoms with Crippen LogP contribution in [-0.2, 0) is 5.75 Å². The van der Waals surface area contributed by atoms with Crippen LogP contribution in [-0.4, -0.2) is 39.5 Å². The van der Waals surface area contributed by atoms with E-state index in [1.807, 2.05) is 5.38 Å². The maximum Gasteiger partial charge on any atom is 0.187 e. The molecule has 194 valence electrons. The molecule has 0 saturated carbocycles. The molecule has 0 spiro atoms. The van der Waals surface area contributed by atoms with Crippen LogP contribution in [0.25, 0.3) is 11.1 Å². The predicted molar refractivity (Wildman–Crippen MR) is 148 cm³/mol. The molecule has 2 heterocycles. The topological polar surface area (TPSA) is 185 Å². The summed E-state index contributed by atoms with van der Waals surface area (Å²) in [6, 6.07) is 20.0. The summed E-state index contributed by atoms with van der Waals surface area (Å²) in [4.78, 5) is 8.92. The third kappa shape index (κ3) is 6.63. The van der Waals surface area contributed by atoms with Gasteiger partial charge < -0.3 is 26.0 Å². The average Bonchev–Trinajstić information content (AvgIpc) is 3.42. The quantitative estimate of drug-likeness (QED) is 0.206. The minimum atomic E-state index is -1.000. The average molecular weight is 556 g/mol. The van der Waals surface area contributed by atoms with Crippen LogP contribution in [0.5, 0.6) is 5.75 Å². The molecular weight excluding hydrogens is 534 g/mol. The largest absolute Gasteiger partial charge is 0.491 e. The molecule has 1 atom stereocenters. The zero-order chi connectivity index (χ0) is 27.8. The summed E-state index contributed by atoms with van der Waals surface area (Å²) in [5, 5.41) is 53.3. The monoisotopic (exact) mass is 555 g/mol. The first-order valence-electron chi connectivity index (χ1n) is 11.5. The van der Waals surface area contributed by atoms with Gasteiger partial charge in [0, 0.05) is 22.4 Å². The Balaban J connectivity index is 1.54. The zero-order valence-corrected chi connectivity index (χ0v) is 22.0. The number of thiazole rings is 1. The fraction of sp³-hybridized carbons (Fsp3) is 0.148. The van der Waals surface area contributed by atoms with E-state index in [0.29, 0.717) is 38.4 Å². The molecule has 4 aromatic rings. The van der Waals surface area contributed by atoms with Crippen molar-refractivity contribution in [3.63, 3.8) is 0 Å². The number of hydrogen-bond donors (Lipinski definition) is 4. The Morgan fingerprint density at radius 2 is 1.72 bits per heavy atom. The molecule has 0 bridgehead atoms. The molecule has 39 heavy (non-hydrogen) atoms. The molecule has 2 aromatic carbocycles. The first-order valence-corrected chi connectivity index (χ1v) is 13.3. The number of hydrogen-bond acceptors (Lipinski definition) is 12. The van der Waals surface area contributed by atoms with Crippen LogP contribution in [0.2, 0.25) is 0 Å². The summed E-state index contributed by atoms with van der Waals surface area (Å²) in [7, 11) is 0. The Kier molecular flexibility index (Phi) is 8.95. The van der Waals surface area contributed by atoms with Crippen LogP contribution >= 0.6 is 23.1 Å². The number of anilines is 3. The summed E-state index contributed by atoms with van der Waals surface area (Å²) >= 11 is 2.71.